The van der Waals surface area contributed by atoms with Crippen molar-refractivity contribution in [2.24, 2.45) is 4.99 Å². The third-order valence-corrected chi connectivity index (χ3v) is 5.59. The fourth-order valence-electron chi connectivity index (χ4n) is 4.08. The number of aliphatic hydroxyl groups is 1. The van der Waals surface area contributed by atoms with Crippen LogP contribution in [-0.4, -0.2) is 30.5 Å². The van der Waals surface area contributed by atoms with Crippen molar-refractivity contribution in [3.8, 4) is 0 Å². The van der Waals surface area contributed by atoms with Gasteiger partial charge in [0.1, 0.15) is 0 Å². The molecule has 2 aliphatic carbocycles. The molecule has 0 spiro atoms. The molecule has 0 amide bonds. The Morgan fingerprint density at radius 2 is 1.96 bits per heavy atom. The summed E-state index contributed by atoms with van der Waals surface area (Å²) < 4.78 is 0. The first-order chi connectivity index (χ1) is 11.7. The van der Waals surface area contributed by atoms with Gasteiger partial charge >= 0.3 is 0 Å². The number of nitrogens with one attached hydrogen (secondary N) is 1. The summed E-state index contributed by atoms with van der Waals surface area (Å²) in [5, 5.41) is 15.0. The lowest BCUT2D eigenvalue weighted by Gasteiger charge is -2.24. The Hall–Kier alpha value is -1.42. The van der Waals surface area contributed by atoms with Crippen molar-refractivity contribution >= 4 is 17.8 Å². The van der Waals surface area contributed by atoms with E-state index < -0.39 is 6.10 Å². The van der Waals surface area contributed by atoms with Crippen molar-refractivity contribution in [3.63, 3.8) is 0 Å². The van der Waals surface area contributed by atoms with Crippen LogP contribution in [0.2, 0.25) is 0 Å². The third-order valence-electron chi connectivity index (χ3n) is 5.31. The molecule has 4 heteroatoms. The topological polar surface area (TPSA) is 44.6 Å². The number of hydrogen-bond donors (Lipinski definition) is 2. The molecule has 1 fully saturated rings. The molecule has 0 bridgehead atoms. The number of aliphatic hydroxyl groups excluding tert-OH is 1. The molecule has 1 unspecified atom stereocenters. The summed E-state index contributed by atoms with van der Waals surface area (Å²) in [5.74, 6) is 0. The van der Waals surface area contributed by atoms with Gasteiger partial charge in [-0.15, -0.1) is 0 Å². The molecule has 1 saturated heterocycles. The van der Waals surface area contributed by atoms with Crippen LogP contribution in [0.4, 0.5) is 0 Å². The van der Waals surface area contributed by atoms with Gasteiger partial charge in [-0.3, -0.25) is 4.99 Å². The number of allylic oxidation sites excluding steroid dienone is 5. The van der Waals surface area contributed by atoms with Crippen LogP contribution < -0.4 is 5.32 Å². The van der Waals surface area contributed by atoms with Crippen molar-refractivity contribution in [1.29, 1.82) is 0 Å². The molecule has 0 aromatic carbocycles. The molecule has 126 valence electrons. The molecule has 3 nitrogen and oxygen atoms in total. The zero-order valence-electron chi connectivity index (χ0n) is 13.8. The molecule has 0 aromatic heterocycles. The van der Waals surface area contributed by atoms with Crippen LogP contribution in [0.5, 0.6) is 0 Å². The zero-order chi connectivity index (χ0) is 16.5. The zero-order valence-corrected chi connectivity index (χ0v) is 14.6. The highest BCUT2D eigenvalue weighted by Gasteiger charge is 2.30. The van der Waals surface area contributed by atoms with E-state index in [1.54, 1.807) is 0 Å². The summed E-state index contributed by atoms with van der Waals surface area (Å²) in [4.78, 5) is 4.79. The second kappa shape index (κ2) is 6.83. The number of halogens is 1. The summed E-state index contributed by atoms with van der Waals surface area (Å²) >= 11 is 6.24. The number of rotatable bonds is 0. The molecular formula is C20H23ClN2O. The van der Waals surface area contributed by atoms with Gasteiger partial charge in [-0.25, -0.2) is 0 Å². The van der Waals surface area contributed by atoms with Crippen molar-refractivity contribution in [2.75, 3.05) is 13.1 Å². The van der Waals surface area contributed by atoms with Crippen LogP contribution in [0, 0.1) is 0 Å². The minimum atomic E-state index is -0.443. The molecule has 4 aliphatic rings. The molecule has 24 heavy (non-hydrogen) atoms. The van der Waals surface area contributed by atoms with E-state index in [-0.39, 0.29) is 0 Å². The van der Waals surface area contributed by atoms with Gasteiger partial charge < -0.3 is 10.4 Å². The van der Waals surface area contributed by atoms with Crippen LogP contribution >= 0.6 is 11.6 Å². The molecule has 2 N–H and O–H groups in total. The molecule has 1 atom stereocenters. The highest BCUT2D eigenvalue weighted by atomic mass is 35.5. The van der Waals surface area contributed by atoms with E-state index in [1.165, 1.54) is 16.7 Å². The monoisotopic (exact) mass is 342 g/mol. The predicted molar refractivity (Wildman–Crippen MR) is 99.2 cm³/mol. The Labute approximate surface area is 148 Å². The maximum Gasteiger partial charge on any atom is 0.0800 e. The Balaban J connectivity index is 1.93. The summed E-state index contributed by atoms with van der Waals surface area (Å²) in [6, 6.07) is 0. The predicted octanol–water partition coefficient (Wildman–Crippen LogP) is 3.93. The van der Waals surface area contributed by atoms with Crippen LogP contribution in [0.1, 0.15) is 38.5 Å². The standard InChI is InChI=1S/C20H23ClN2O/c21-15-3-5-16-17(6-4-15)19(13-7-10-22-11-8-13)20-14(12-18(16)24)2-1-9-23-20/h3-4,6,9,18,22,24H,1-2,5,7-8,10-12H2. The molecule has 0 saturated carbocycles. The van der Waals surface area contributed by atoms with Crippen LogP contribution in [-0.2, 0) is 0 Å². The van der Waals surface area contributed by atoms with E-state index in [2.05, 4.69) is 11.4 Å². The Kier molecular flexibility index (Phi) is 4.57. The maximum atomic E-state index is 10.9. The fourth-order valence-corrected chi connectivity index (χ4v) is 4.22. The van der Waals surface area contributed by atoms with Crippen molar-refractivity contribution in [1.82, 2.24) is 5.32 Å². The van der Waals surface area contributed by atoms with E-state index in [1.807, 2.05) is 18.4 Å². The number of hydrogen-bond acceptors (Lipinski definition) is 3. The summed E-state index contributed by atoms with van der Waals surface area (Å²) in [6.07, 6.45) is 13.1. The van der Waals surface area contributed by atoms with Crippen molar-refractivity contribution in [2.45, 2.75) is 44.6 Å². The second-order valence-corrected chi connectivity index (χ2v) is 7.25. The lowest BCUT2D eigenvalue weighted by Crippen LogP contribution is -2.24. The third kappa shape index (κ3) is 2.97. The number of nitrogens with zero attached hydrogens (tertiary/aromatic N) is 1. The lowest BCUT2D eigenvalue weighted by molar-refractivity contribution is 0.207. The lowest BCUT2D eigenvalue weighted by atomic mass is 9.87. The molecule has 4 rings (SSSR count). The second-order valence-electron chi connectivity index (χ2n) is 6.82. The first-order valence-corrected chi connectivity index (χ1v) is 9.24. The summed E-state index contributed by atoms with van der Waals surface area (Å²) in [5.41, 5.74) is 7.39. The number of aliphatic imine (C=N–C) groups is 1. The van der Waals surface area contributed by atoms with Gasteiger partial charge in [-0.1, -0.05) is 29.3 Å². The quantitative estimate of drug-likeness (QED) is 0.700. The molecule has 0 radical (unpaired) electrons. The Morgan fingerprint density at radius 3 is 2.79 bits per heavy atom. The normalized spacial score (nSPS) is 27.6. The maximum absolute atomic E-state index is 10.9. The highest BCUT2D eigenvalue weighted by molar-refractivity contribution is 6.31. The van der Waals surface area contributed by atoms with Crippen LogP contribution in [0.3, 0.4) is 0 Å². The van der Waals surface area contributed by atoms with Gasteiger partial charge in [0, 0.05) is 23.2 Å². The van der Waals surface area contributed by atoms with Crippen LogP contribution in [0.15, 0.2) is 61.8 Å². The van der Waals surface area contributed by atoms with E-state index in [9.17, 15) is 5.11 Å². The molecule has 2 heterocycles. The minimum absolute atomic E-state index is 0.443. The van der Waals surface area contributed by atoms with E-state index in [4.69, 9.17) is 16.6 Å². The molecule has 0 aromatic rings. The van der Waals surface area contributed by atoms with E-state index in [0.29, 0.717) is 12.8 Å². The van der Waals surface area contributed by atoms with E-state index >= 15 is 0 Å². The van der Waals surface area contributed by atoms with Crippen molar-refractivity contribution < 1.29 is 5.11 Å². The highest BCUT2D eigenvalue weighted by Crippen LogP contribution is 2.42. The van der Waals surface area contributed by atoms with E-state index in [0.717, 1.165) is 60.6 Å². The average molecular weight is 343 g/mol. The smallest absolute Gasteiger partial charge is 0.0800 e. The van der Waals surface area contributed by atoms with Gasteiger partial charge in [0.25, 0.3) is 0 Å². The first-order valence-electron chi connectivity index (χ1n) is 8.87. The Morgan fingerprint density at radius 1 is 1.12 bits per heavy atom. The minimum Gasteiger partial charge on any atom is -0.388 e. The first kappa shape index (κ1) is 16.1. The molecular weight excluding hydrogens is 320 g/mol. The van der Waals surface area contributed by atoms with Crippen LogP contribution in [0.25, 0.3) is 0 Å². The summed E-state index contributed by atoms with van der Waals surface area (Å²) in [6.45, 7) is 2.03. The Bertz CT molecular complexity index is 729. The SMILES string of the molecule is OC1CC2=C(N=CCC2)C(=C2CCNCC2)C2=C1CC=C(Cl)C=C2. The van der Waals surface area contributed by atoms with Gasteiger partial charge in [-0.05, 0) is 68.0 Å². The average Bonchev–Trinajstić information content (AvgIpc) is 2.86. The van der Waals surface area contributed by atoms with Crippen molar-refractivity contribution in [3.05, 3.63) is 56.8 Å². The molecule has 2 aliphatic heterocycles. The largest absolute Gasteiger partial charge is 0.388 e. The fraction of sp³-hybridized carbons (Fsp3) is 0.450. The summed E-state index contributed by atoms with van der Waals surface area (Å²) in [7, 11) is 0. The van der Waals surface area contributed by atoms with Gasteiger partial charge in [0.05, 0.1) is 11.8 Å². The van der Waals surface area contributed by atoms with Gasteiger partial charge in [-0.2, -0.15) is 0 Å². The number of piperidine rings is 1. The van der Waals surface area contributed by atoms with Gasteiger partial charge in [0.15, 0.2) is 0 Å². The van der Waals surface area contributed by atoms with Gasteiger partial charge in [0.2, 0.25) is 0 Å².